The maximum atomic E-state index is 12.6. The maximum Gasteiger partial charge on any atom is 0.472 e. The standard InChI is InChI=1S/C45H80NO9P/c1-3-5-7-9-11-13-14-15-16-17-18-19-20-22-24-26-32-36-45(48)54-41(40-53-56(49,50)52-38-37-46)39-51-44(47)35-31-28-27-30-34-43-42(55-43)33-29-25-23-21-12-10-8-6-4-2/h12,15-16,21,25,27,29-30,41-43H,3-11,13-14,17-20,22-24,26,28,31-40,46H2,1-2H3,(H,49,50)/b16-15-,21-12-,29-25-,30-27-/t41-,42?,43?/m1/s1. The second-order valence-corrected chi connectivity index (χ2v) is 16.4. The lowest BCUT2D eigenvalue weighted by atomic mass is 10.1. The minimum Gasteiger partial charge on any atom is -0.462 e. The van der Waals surface area contributed by atoms with Gasteiger partial charge in [-0.15, -0.1) is 0 Å². The van der Waals surface area contributed by atoms with Gasteiger partial charge in [-0.2, -0.15) is 0 Å². The first-order valence-electron chi connectivity index (χ1n) is 22.2. The molecule has 1 saturated heterocycles. The molecule has 0 radical (unpaired) electrons. The third-order valence-electron chi connectivity index (χ3n) is 9.59. The minimum atomic E-state index is -4.40. The van der Waals surface area contributed by atoms with Gasteiger partial charge in [-0.1, -0.05) is 140 Å². The van der Waals surface area contributed by atoms with Gasteiger partial charge in [-0.25, -0.2) is 4.57 Å². The Morgan fingerprint density at radius 2 is 1.11 bits per heavy atom. The summed E-state index contributed by atoms with van der Waals surface area (Å²) in [6, 6.07) is 0. The topological polar surface area (TPSA) is 147 Å². The second-order valence-electron chi connectivity index (χ2n) is 14.9. The summed E-state index contributed by atoms with van der Waals surface area (Å²) in [5.74, 6) is -0.908. The number of nitrogens with two attached hydrogens (primary N) is 1. The second kappa shape index (κ2) is 37.2. The maximum absolute atomic E-state index is 12.6. The van der Waals surface area contributed by atoms with E-state index >= 15 is 0 Å². The summed E-state index contributed by atoms with van der Waals surface area (Å²) in [7, 11) is -4.40. The van der Waals surface area contributed by atoms with Gasteiger partial charge in [0.15, 0.2) is 6.10 Å². The zero-order valence-corrected chi connectivity index (χ0v) is 36.2. The molecule has 0 aromatic rings. The normalized spacial score (nSPS) is 17.4. The fourth-order valence-corrected chi connectivity index (χ4v) is 6.90. The molecule has 0 aliphatic carbocycles. The number of esters is 2. The van der Waals surface area contributed by atoms with Crippen LogP contribution in [0.4, 0.5) is 0 Å². The van der Waals surface area contributed by atoms with Crippen LogP contribution in [0.2, 0.25) is 0 Å². The van der Waals surface area contributed by atoms with E-state index in [-0.39, 0.29) is 44.8 Å². The van der Waals surface area contributed by atoms with Crippen molar-refractivity contribution in [3.8, 4) is 0 Å². The third-order valence-corrected chi connectivity index (χ3v) is 10.6. The van der Waals surface area contributed by atoms with Crippen molar-refractivity contribution >= 4 is 19.8 Å². The van der Waals surface area contributed by atoms with Gasteiger partial charge in [0.05, 0.1) is 25.4 Å². The molecule has 1 aliphatic heterocycles. The van der Waals surface area contributed by atoms with Crippen LogP contribution in [0, 0.1) is 0 Å². The summed E-state index contributed by atoms with van der Waals surface area (Å²) in [4.78, 5) is 34.9. The van der Waals surface area contributed by atoms with Crippen molar-refractivity contribution in [3.63, 3.8) is 0 Å². The first-order valence-corrected chi connectivity index (χ1v) is 23.7. The molecular weight excluding hydrogens is 729 g/mol. The Hall–Kier alpha value is -2.07. The molecule has 56 heavy (non-hydrogen) atoms. The molecular formula is C45H80NO9P. The molecule has 3 N–H and O–H groups in total. The van der Waals surface area contributed by atoms with Gasteiger partial charge >= 0.3 is 19.8 Å². The van der Waals surface area contributed by atoms with Crippen molar-refractivity contribution in [3.05, 3.63) is 48.6 Å². The number of unbranched alkanes of at least 4 members (excludes halogenated alkanes) is 17. The van der Waals surface area contributed by atoms with E-state index in [2.05, 4.69) is 62.5 Å². The Morgan fingerprint density at radius 3 is 1.75 bits per heavy atom. The molecule has 10 nitrogen and oxygen atoms in total. The van der Waals surface area contributed by atoms with E-state index in [1.54, 1.807) is 0 Å². The van der Waals surface area contributed by atoms with Crippen molar-refractivity contribution in [2.75, 3.05) is 26.4 Å². The van der Waals surface area contributed by atoms with E-state index < -0.39 is 32.5 Å². The molecule has 1 fully saturated rings. The Bertz CT molecular complexity index is 1120. The lowest BCUT2D eigenvalue weighted by Crippen LogP contribution is -2.29. The average Bonchev–Trinajstić information content (AvgIpc) is 3.94. The minimum absolute atomic E-state index is 0.0415. The van der Waals surface area contributed by atoms with Crippen molar-refractivity contribution in [1.29, 1.82) is 0 Å². The summed E-state index contributed by atoms with van der Waals surface area (Å²) in [6.45, 7) is 3.61. The van der Waals surface area contributed by atoms with Crippen LogP contribution in [-0.4, -0.2) is 61.5 Å². The van der Waals surface area contributed by atoms with E-state index in [0.29, 0.717) is 12.8 Å². The molecule has 1 rings (SSSR count). The smallest absolute Gasteiger partial charge is 0.462 e. The lowest BCUT2D eigenvalue weighted by molar-refractivity contribution is -0.161. The van der Waals surface area contributed by atoms with Crippen LogP contribution < -0.4 is 5.73 Å². The number of epoxide rings is 1. The molecule has 3 unspecified atom stereocenters. The Kier molecular flexibility index (Phi) is 34.5. The van der Waals surface area contributed by atoms with Crippen molar-refractivity contribution < 1.29 is 42.3 Å². The van der Waals surface area contributed by atoms with Gasteiger partial charge < -0.3 is 24.8 Å². The third kappa shape index (κ3) is 34.0. The van der Waals surface area contributed by atoms with E-state index in [0.717, 1.165) is 57.8 Å². The number of phosphoric acid groups is 1. The number of carbonyl (C=O) groups excluding carboxylic acids is 2. The van der Waals surface area contributed by atoms with Gasteiger partial charge in [0, 0.05) is 19.4 Å². The van der Waals surface area contributed by atoms with E-state index in [1.807, 2.05) is 0 Å². The Morgan fingerprint density at radius 1 is 0.625 bits per heavy atom. The molecule has 324 valence electrons. The number of ether oxygens (including phenoxy) is 3. The summed E-state index contributed by atoms with van der Waals surface area (Å²) < 4.78 is 38.5. The Balaban J connectivity index is 2.22. The number of carbonyl (C=O) groups is 2. The predicted molar refractivity (Wildman–Crippen MR) is 228 cm³/mol. The zero-order valence-electron chi connectivity index (χ0n) is 35.3. The molecule has 1 aliphatic rings. The summed E-state index contributed by atoms with van der Waals surface area (Å²) >= 11 is 0. The SMILES string of the molecule is CCCCC/C=C\C/C=C\CC1OC1C/C=C\CCCC(=O)OC[C@H](COP(=O)(O)OCCN)OC(=O)CCCCCCCCC/C=C\CCCCCCCC. The van der Waals surface area contributed by atoms with Gasteiger partial charge in [0.2, 0.25) is 0 Å². The van der Waals surface area contributed by atoms with E-state index in [4.69, 9.17) is 29.0 Å². The Labute approximate surface area is 341 Å². The molecule has 0 aromatic carbocycles. The van der Waals surface area contributed by atoms with Crippen LogP contribution in [0.25, 0.3) is 0 Å². The van der Waals surface area contributed by atoms with Crippen LogP contribution in [0.3, 0.4) is 0 Å². The number of allylic oxidation sites excluding steroid dienone is 6. The predicted octanol–water partition coefficient (Wildman–Crippen LogP) is 11.7. The fraction of sp³-hybridized carbons (Fsp3) is 0.778. The lowest BCUT2D eigenvalue weighted by Gasteiger charge is -2.19. The molecule has 0 saturated carbocycles. The van der Waals surface area contributed by atoms with Crippen LogP contribution in [0.15, 0.2) is 48.6 Å². The largest absolute Gasteiger partial charge is 0.472 e. The van der Waals surface area contributed by atoms with Crippen LogP contribution in [0.1, 0.15) is 181 Å². The van der Waals surface area contributed by atoms with Crippen LogP contribution in [0.5, 0.6) is 0 Å². The van der Waals surface area contributed by atoms with Gasteiger partial charge in [-0.3, -0.25) is 18.6 Å². The fourth-order valence-electron chi connectivity index (χ4n) is 6.13. The first-order chi connectivity index (χ1) is 27.3. The van der Waals surface area contributed by atoms with E-state index in [9.17, 15) is 19.0 Å². The van der Waals surface area contributed by atoms with Crippen molar-refractivity contribution in [1.82, 2.24) is 0 Å². The van der Waals surface area contributed by atoms with Crippen molar-refractivity contribution in [2.24, 2.45) is 5.73 Å². The zero-order chi connectivity index (χ0) is 40.8. The summed E-state index contributed by atoms with van der Waals surface area (Å²) in [5.41, 5.74) is 5.35. The van der Waals surface area contributed by atoms with Crippen LogP contribution >= 0.6 is 7.82 Å². The van der Waals surface area contributed by atoms with Gasteiger partial charge in [0.25, 0.3) is 0 Å². The molecule has 0 bridgehead atoms. The average molecular weight is 810 g/mol. The molecule has 0 spiro atoms. The molecule has 11 heteroatoms. The quantitative estimate of drug-likeness (QED) is 0.0201. The monoisotopic (exact) mass is 810 g/mol. The summed E-state index contributed by atoms with van der Waals surface area (Å²) in [6.07, 6.45) is 44.5. The first kappa shape index (κ1) is 51.9. The van der Waals surface area contributed by atoms with Gasteiger partial charge in [0.1, 0.15) is 6.61 Å². The molecule has 4 atom stereocenters. The molecule has 0 amide bonds. The number of hydrogen-bond donors (Lipinski definition) is 2. The highest BCUT2D eigenvalue weighted by Gasteiger charge is 2.36. The highest BCUT2D eigenvalue weighted by molar-refractivity contribution is 7.47. The van der Waals surface area contributed by atoms with Gasteiger partial charge in [-0.05, 0) is 77.0 Å². The van der Waals surface area contributed by atoms with Crippen molar-refractivity contribution in [2.45, 2.75) is 199 Å². The summed E-state index contributed by atoms with van der Waals surface area (Å²) in [5, 5.41) is 0. The van der Waals surface area contributed by atoms with Crippen LogP contribution in [-0.2, 0) is 37.4 Å². The number of rotatable bonds is 40. The van der Waals surface area contributed by atoms with E-state index in [1.165, 1.54) is 83.5 Å². The number of phosphoric ester groups is 1. The highest BCUT2D eigenvalue weighted by Crippen LogP contribution is 2.43. The number of hydrogen-bond acceptors (Lipinski definition) is 9. The molecule has 0 aromatic heterocycles. The molecule has 1 heterocycles. The highest BCUT2D eigenvalue weighted by atomic mass is 31.2.